The second kappa shape index (κ2) is 5.84. The maximum Gasteiger partial charge on any atom is 0.251 e. The van der Waals surface area contributed by atoms with Gasteiger partial charge in [-0.25, -0.2) is 4.98 Å². The van der Waals surface area contributed by atoms with Gasteiger partial charge in [-0.2, -0.15) is 5.10 Å². The summed E-state index contributed by atoms with van der Waals surface area (Å²) in [6.07, 6.45) is 4.47. The number of carbonyl (C=O) groups excluding carboxylic acids is 1. The summed E-state index contributed by atoms with van der Waals surface area (Å²) >= 11 is 5.82. The topological polar surface area (TPSA) is 59.8 Å². The number of nitrogens with one attached hydrogen (secondary N) is 1. The fourth-order valence-corrected chi connectivity index (χ4v) is 2.03. The van der Waals surface area contributed by atoms with Gasteiger partial charge in [0.05, 0.1) is 6.20 Å². The number of hydrogen-bond acceptors (Lipinski definition) is 3. The molecule has 2 rings (SSSR count). The van der Waals surface area contributed by atoms with Gasteiger partial charge >= 0.3 is 0 Å². The Bertz CT molecular complexity index is 574. The van der Waals surface area contributed by atoms with Crippen LogP contribution >= 0.6 is 11.6 Å². The Hall–Kier alpha value is -1.88. The zero-order valence-corrected chi connectivity index (χ0v) is 11.6. The molecular weight excluding hydrogens is 264 g/mol. The SMILES string of the molecule is Cc1cc(C(=O)NCCc2cnn(C)c2)cc(Cl)n1. The number of nitrogens with zero attached hydrogens (tertiary/aromatic N) is 3. The summed E-state index contributed by atoms with van der Waals surface area (Å²) in [6, 6.07) is 3.28. The molecule has 5 nitrogen and oxygen atoms in total. The lowest BCUT2D eigenvalue weighted by Gasteiger charge is -2.05. The Morgan fingerprint density at radius 3 is 2.89 bits per heavy atom. The van der Waals surface area contributed by atoms with Crippen LogP contribution in [0.4, 0.5) is 0 Å². The van der Waals surface area contributed by atoms with Gasteiger partial charge in [0.25, 0.3) is 5.91 Å². The van der Waals surface area contributed by atoms with E-state index < -0.39 is 0 Å². The van der Waals surface area contributed by atoms with Gasteiger partial charge in [0.15, 0.2) is 0 Å². The average molecular weight is 279 g/mol. The lowest BCUT2D eigenvalue weighted by atomic mass is 10.2. The summed E-state index contributed by atoms with van der Waals surface area (Å²) in [5.74, 6) is -0.142. The molecule has 0 saturated carbocycles. The zero-order valence-electron chi connectivity index (χ0n) is 10.9. The predicted octanol–water partition coefficient (Wildman–Crippen LogP) is 1.75. The van der Waals surface area contributed by atoms with Gasteiger partial charge in [-0.05, 0) is 31.0 Å². The minimum absolute atomic E-state index is 0.142. The summed E-state index contributed by atoms with van der Waals surface area (Å²) < 4.78 is 1.74. The van der Waals surface area contributed by atoms with Crippen molar-refractivity contribution in [3.05, 3.63) is 46.5 Å². The second-order valence-electron chi connectivity index (χ2n) is 4.35. The van der Waals surface area contributed by atoms with E-state index in [0.29, 0.717) is 17.3 Å². The van der Waals surface area contributed by atoms with Crippen molar-refractivity contribution in [2.45, 2.75) is 13.3 Å². The highest BCUT2D eigenvalue weighted by Gasteiger charge is 2.07. The van der Waals surface area contributed by atoms with Gasteiger partial charge < -0.3 is 5.32 Å². The number of aromatic nitrogens is 3. The first-order chi connectivity index (χ1) is 9.04. The van der Waals surface area contributed by atoms with Crippen molar-refractivity contribution >= 4 is 17.5 Å². The second-order valence-corrected chi connectivity index (χ2v) is 4.74. The smallest absolute Gasteiger partial charge is 0.251 e. The molecule has 2 aromatic heterocycles. The first kappa shape index (κ1) is 13.5. The fourth-order valence-electron chi connectivity index (χ4n) is 1.78. The number of halogens is 1. The maximum atomic E-state index is 11.9. The highest BCUT2D eigenvalue weighted by Crippen LogP contribution is 2.10. The summed E-state index contributed by atoms with van der Waals surface area (Å²) in [6.45, 7) is 2.36. The molecular formula is C13H15ClN4O. The Morgan fingerprint density at radius 1 is 1.47 bits per heavy atom. The monoisotopic (exact) mass is 278 g/mol. The highest BCUT2D eigenvalue weighted by molar-refractivity contribution is 6.29. The van der Waals surface area contributed by atoms with Crippen LogP contribution in [0.5, 0.6) is 0 Å². The van der Waals surface area contributed by atoms with Crippen molar-refractivity contribution in [3.63, 3.8) is 0 Å². The first-order valence-electron chi connectivity index (χ1n) is 5.94. The van der Waals surface area contributed by atoms with Crippen LogP contribution < -0.4 is 5.32 Å². The van der Waals surface area contributed by atoms with Gasteiger partial charge in [-0.1, -0.05) is 11.6 Å². The van der Waals surface area contributed by atoms with E-state index in [4.69, 9.17) is 11.6 Å². The molecule has 0 aliphatic heterocycles. The van der Waals surface area contributed by atoms with E-state index in [0.717, 1.165) is 17.7 Å². The molecule has 0 atom stereocenters. The fraction of sp³-hybridized carbons (Fsp3) is 0.308. The molecule has 0 aliphatic rings. The number of amides is 1. The van der Waals surface area contributed by atoms with E-state index in [-0.39, 0.29) is 5.91 Å². The molecule has 0 aliphatic carbocycles. The van der Waals surface area contributed by atoms with Crippen LogP contribution in [-0.4, -0.2) is 27.2 Å². The standard InChI is InChI=1S/C13H15ClN4O/c1-9-5-11(6-12(14)17-9)13(19)15-4-3-10-7-16-18(2)8-10/h5-8H,3-4H2,1-2H3,(H,15,19). The summed E-state index contributed by atoms with van der Waals surface area (Å²) in [5, 5.41) is 7.25. The Kier molecular flexibility index (Phi) is 4.16. The van der Waals surface area contributed by atoms with E-state index in [1.165, 1.54) is 0 Å². The van der Waals surface area contributed by atoms with E-state index in [2.05, 4.69) is 15.4 Å². The predicted molar refractivity (Wildman–Crippen MR) is 73.2 cm³/mol. The van der Waals surface area contributed by atoms with Gasteiger partial charge in [0.2, 0.25) is 0 Å². The van der Waals surface area contributed by atoms with Crippen LogP contribution in [0.1, 0.15) is 21.6 Å². The molecule has 1 N–H and O–H groups in total. The lowest BCUT2D eigenvalue weighted by molar-refractivity contribution is 0.0954. The average Bonchev–Trinajstić information content (AvgIpc) is 2.73. The summed E-state index contributed by atoms with van der Waals surface area (Å²) in [5.41, 5.74) is 2.35. The molecule has 19 heavy (non-hydrogen) atoms. The van der Waals surface area contributed by atoms with Crippen molar-refractivity contribution < 1.29 is 4.79 Å². The molecule has 2 aromatic rings. The Morgan fingerprint density at radius 2 is 2.26 bits per heavy atom. The number of aryl methyl sites for hydroxylation is 2. The van der Waals surface area contributed by atoms with E-state index in [9.17, 15) is 4.79 Å². The van der Waals surface area contributed by atoms with Crippen LogP contribution in [0.3, 0.4) is 0 Å². The summed E-state index contributed by atoms with van der Waals surface area (Å²) in [7, 11) is 1.86. The normalized spacial score (nSPS) is 10.5. The van der Waals surface area contributed by atoms with E-state index in [1.807, 2.05) is 13.2 Å². The van der Waals surface area contributed by atoms with Crippen LogP contribution in [0.25, 0.3) is 0 Å². The quantitative estimate of drug-likeness (QED) is 0.867. The number of carbonyl (C=O) groups is 1. The van der Waals surface area contributed by atoms with Crippen LogP contribution in [0, 0.1) is 6.92 Å². The molecule has 0 aromatic carbocycles. The number of rotatable bonds is 4. The maximum absolute atomic E-state index is 11.9. The third-order valence-corrected chi connectivity index (χ3v) is 2.84. The van der Waals surface area contributed by atoms with Crippen molar-refractivity contribution in [3.8, 4) is 0 Å². The van der Waals surface area contributed by atoms with Crippen molar-refractivity contribution in [1.82, 2.24) is 20.1 Å². The molecule has 2 heterocycles. The number of pyridine rings is 1. The molecule has 0 unspecified atom stereocenters. The molecule has 0 spiro atoms. The van der Waals surface area contributed by atoms with Gasteiger partial charge in [0, 0.05) is 31.0 Å². The van der Waals surface area contributed by atoms with Crippen molar-refractivity contribution in [2.75, 3.05) is 6.54 Å². The van der Waals surface area contributed by atoms with Crippen LogP contribution in [0.15, 0.2) is 24.5 Å². The Labute approximate surface area is 116 Å². The molecule has 0 saturated heterocycles. The molecule has 0 bridgehead atoms. The molecule has 1 amide bonds. The minimum atomic E-state index is -0.142. The van der Waals surface area contributed by atoms with Gasteiger partial charge in [-0.3, -0.25) is 9.48 Å². The third-order valence-electron chi connectivity index (χ3n) is 2.64. The van der Waals surface area contributed by atoms with E-state index in [1.54, 1.807) is 29.9 Å². The van der Waals surface area contributed by atoms with Crippen molar-refractivity contribution in [2.24, 2.45) is 7.05 Å². The van der Waals surface area contributed by atoms with Crippen molar-refractivity contribution in [1.29, 1.82) is 0 Å². The first-order valence-corrected chi connectivity index (χ1v) is 6.32. The lowest BCUT2D eigenvalue weighted by Crippen LogP contribution is -2.25. The van der Waals surface area contributed by atoms with Crippen LogP contribution in [-0.2, 0) is 13.5 Å². The zero-order chi connectivity index (χ0) is 13.8. The molecule has 0 fully saturated rings. The number of hydrogen-bond donors (Lipinski definition) is 1. The summed E-state index contributed by atoms with van der Waals surface area (Å²) in [4.78, 5) is 15.9. The largest absolute Gasteiger partial charge is 0.352 e. The minimum Gasteiger partial charge on any atom is -0.352 e. The van der Waals surface area contributed by atoms with Crippen LogP contribution in [0.2, 0.25) is 5.15 Å². The molecule has 0 radical (unpaired) electrons. The van der Waals surface area contributed by atoms with E-state index >= 15 is 0 Å². The molecule has 6 heteroatoms. The third kappa shape index (κ3) is 3.79. The van der Waals surface area contributed by atoms with Gasteiger partial charge in [-0.15, -0.1) is 0 Å². The molecule has 100 valence electrons. The Balaban J connectivity index is 1.90. The van der Waals surface area contributed by atoms with Gasteiger partial charge in [0.1, 0.15) is 5.15 Å². The highest BCUT2D eigenvalue weighted by atomic mass is 35.5.